The van der Waals surface area contributed by atoms with E-state index in [0.29, 0.717) is 0 Å². The van der Waals surface area contributed by atoms with E-state index < -0.39 is 0 Å². The maximum absolute atomic E-state index is 5.28. The summed E-state index contributed by atoms with van der Waals surface area (Å²) >= 11 is 1.68. The molecule has 0 amide bonds. The lowest BCUT2D eigenvalue weighted by Crippen LogP contribution is -1.97. The Bertz CT molecular complexity index is 1030. The van der Waals surface area contributed by atoms with Gasteiger partial charge in [-0.1, -0.05) is 29.1 Å². The fraction of sp³-hybridized carbons (Fsp3) is 0.200. The number of methoxy groups -OCH3 is 1. The number of imidazole rings is 1. The van der Waals surface area contributed by atoms with Gasteiger partial charge in [-0.15, -0.1) is 0 Å². The molecular weight excluding hydrogens is 346 g/mol. The third-order valence-electron chi connectivity index (χ3n) is 4.39. The van der Waals surface area contributed by atoms with E-state index in [1.54, 1.807) is 18.9 Å². The molecule has 2 heterocycles. The quantitative estimate of drug-likeness (QED) is 0.469. The first-order chi connectivity index (χ1) is 12.7. The van der Waals surface area contributed by atoms with Crippen LogP contribution in [0.5, 0.6) is 5.75 Å². The highest BCUT2D eigenvalue weighted by Crippen LogP contribution is 2.31. The minimum absolute atomic E-state index is 0.765. The predicted octanol–water partition coefficient (Wildman–Crippen LogP) is 4.93. The van der Waals surface area contributed by atoms with Gasteiger partial charge in [-0.3, -0.25) is 4.57 Å². The zero-order chi connectivity index (χ0) is 18.1. The van der Waals surface area contributed by atoms with Crippen molar-refractivity contribution >= 4 is 22.8 Å². The van der Waals surface area contributed by atoms with Gasteiger partial charge in [0.15, 0.2) is 5.16 Å². The number of thioether (sulfide) groups is 1. The van der Waals surface area contributed by atoms with Crippen molar-refractivity contribution < 1.29 is 9.26 Å². The fourth-order valence-corrected chi connectivity index (χ4v) is 4.11. The van der Waals surface area contributed by atoms with Crippen molar-refractivity contribution in [2.45, 2.75) is 24.8 Å². The number of aromatic nitrogens is 3. The van der Waals surface area contributed by atoms with Crippen LogP contribution < -0.4 is 4.74 Å². The van der Waals surface area contributed by atoms with E-state index in [4.69, 9.17) is 14.2 Å². The van der Waals surface area contributed by atoms with Crippen molar-refractivity contribution in [1.82, 2.24) is 14.7 Å². The first-order valence-corrected chi connectivity index (χ1v) is 9.32. The molecule has 0 fully saturated rings. The standard InChI is InChI=1S/C20H19N3O2S/c1-13-17(14(2)25-22-13)12-26-20-21-18-6-4-5-7-19(18)23(20)15-8-10-16(24-3)11-9-15/h4-11H,12H2,1-3H3. The van der Waals surface area contributed by atoms with Crippen LogP contribution in [0.15, 0.2) is 58.2 Å². The number of nitrogens with zero attached hydrogens (tertiary/aromatic N) is 3. The van der Waals surface area contributed by atoms with E-state index in [2.05, 4.69) is 15.8 Å². The van der Waals surface area contributed by atoms with Crippen LogP contribution in [0, 0.1) is 13.8 Å². The van der Waals surface area contributed by atoms with Crippen LogP contribution in [-0.4, -0.2) is 21.8 Å². The van der Waals surface area contributed by atoms with Crippen molar-refractivity contribution in [3.05, 3.63) is 65.5 Å². The Morgan fingerprint density at radius 3 is 2.54 bits per heavy atom. The second-order valence-corrected chi connectivity index (χ2v) is 6.95. The summed E-state index contributed by atoms with van der Waals surface area (Å²) in [5, 5.41) is 4.98. The first kappa shape index (κ1) is 16.7. The summed E-state index contributed by atoms with van der Waals surface area (Å²) in [6.45, 7) is 3.92. The van der Waals surface area contributed by atoms with Gasteiger partial charge in [0.05, 0.1) is 23.8 Å². The van der Waals surface area contributed by atoms with Gasteiger partial charge in [0.2, 0.25) is 0 Å². The second kappa shape index (κ2) is 6.88. The summed E-state index contributed by atoms with van der Waals surface area (Å²) in [5.74, 6) is 2.46. The van der Waals surface area contributed by atoms with Crippen molar-refractivity contribution in [1.29, 1.82) is 0 Å². The lowest BCUT2D eigenvalue weighted by molar-refractivity contribution is 0.392. The number of aryl methyl sites for hydroxylation is 2. The Hall–Kier alpha value is -2.73. The number of fused-ring (bicyclic) bond motifs is 1. The normalized spacial score (nSPS) is 11.2. The van der Waals surface area contributed by atoms with E-state index in [1.165, 1.54) is 0 Å². The molecule has 0 saturated heterocycles. The largest absolute Gasteiger partial charge is 0.497 e. The smallest absolute Gasteiger partial charge is 0.174 e. The SMILES string of the molecule is COc1ccc(-n2c(SCc3c(C)noc3C)nc3ccccc32)cc1. The van der Waals surface area contributed by atoms with E-state index >= 15 is 0 Å². The molecule has 26 heavy (non-hydrogen) atoms. The van der Waals surface area contributed by atoms with E-state index in [1.807, 2.05) is 56.3 Å². The average molecular weight is 365 g/mol. The highest BCUT2D eigenvalue weighted by Gasteiger charge is 2.15. The van der Waals surface area contributed by atoms with Gasteiger partial charge in [0, 0.05) is 17.0 Å². The van der Waals surface area contributed by atoms with Gasteiger partial charge < -0.3 is 9.26 Å². The zero-order valence-electron chi connectivity index (χ0n) is 14.9. The molecule has 0 spiro atoms. The van der Waals surface area contributed by atoms with Crippen LogP contribution in [0.1, 0.15) is 17.0 Å². The number of ether oxygens (including phenoxy) is 1. The molecule has 0 aliphatic heterocycles. The molecule has 0 bridgehead atoms. The molecule has 2 aromatic heterocycles. The van der Waals surface area contributed by atoms with Gasteiger partial charge in [0.1, 0.15) is 11.5 Å². The summed E-state index contributed by atoms with van der Waals surface area (Å²) < 4.78 is 12.7. The van der Waals surface area contributed by atoms with Crippen LogP contribution in [0.2, 0.25) is 0 Å². The van der Waals surface area contributed by atoms with Gasteiger partial charge in [-0.25, -0.2) is 4.98 Å². The fourth-order valence-electron chi connectivity index (χ4n) is 2.93. The zero-order valence-corrected chi connectivity index (χ0v) is 15.7. The second-order valence-electron chi connectivity index (χ2n) is 6.01. The monoisotopic (exact) mass is 365 g/mol. The molecule has 4 rings (SSSR count). The molecule has 0 saturated carbocycles. The van der Waals surface area contributed by atoms with E-state index in [9.17, 15) is 0 Å². The molecule has 0 N–H and O–H groups in total. The number of rotatable bonds is 5. The Morgan fingerprint density at radius 2 is 1.85 bits per heavy atom. The van der Waals surface area contributed by atoms with Crippen LogP contribution in [0.4, 0.5) is 0 Å². The van der Waals surface area contributed by atoms with Gasteiger partial charge >= 0.3 is 0 Å². The molecule has 132 valence electrons. The lowest BCUT2D eigenvalue weighted by Gasteiger charge is -2.10. The number of hydrogen-bond donors (Lipinski definition) is 0. The summed E-state index contributed by atoms with van der Waals surface area (Å²) in [5.41, 5.74) is 5.18. The Kier molecular flexibility index (Phi) is 4.42. The first-order valence-electron chi connectivity index (χ1n) is 8.34. The van der Waals surface area contributed by atoms with E-state index in [0.717, 1.165) is 50.4 Å². The molecule has 0 aliphatic rings. The topological polar surface area (TPSA) is 53.1 Å². The number of benzene rings is 2. The number of para-hydroxylation sites is 2. The number of hydrogen-bond acceptors (Lipinski definition) is 5. The molecule has 0 aliphatic carbocycles. The minimum atomic E-state index is 0.765. The summed E-state index contributed by atoms with van der Waals surface area (Å²) in [7, 11) is 1.67. The summed E-state index contributed by atoms with van der Waals surface area (Å²) in [4.78, 5) is 4.83. The third-order valence-corrected chi connectivity index (χ3v) is 5.35. The Balaban J connectivity index is 1.76. The molecule has 0 unspecified atom stereocenters. The molecule has 4 aromatic rings. The van der Waals surface area contributed by atoms with Gasteiger partial charge in [-0.2, -0.15) is 0 Å². The van der Waals surface area contributed by atoms with Crippen molar-refractivity contribution in [3.63, 3.8) is 0 Å². The highest BCUT2D eigenvalue weighted by atomic mass is 32.2. The predicted molar refractivity (Wildman–Crippen MR) is 103 cm³/mol. The molecule has 6 heteroatoms. The Morgan fingerprint density at radius 1 is 1.08 bits per heavy atom. The van der Waals surface area contributed by atoms with Crippen molar-refractivity contribution in [2.24, 2.45) is 0 Å². The lowest BCUT2D eigenvalue weighted by atomic mass is 10.2. The minimum Gasteiger partial charge on any atom is -0.497 e. The Labute approximate surface area is 156 Å². The van der Waals surface area contributed by atoms with Gasteiger partial charge in [0.25, 0.3) is 0 Å². The third kappa shape index (κ3) is 2.97. The van der Waals surface area contributed by atoms with Gasteiger partial charge in [-0.05, 0) is 50.2 Å². The summed E-state index contributed by atoms with van der Waals surface area (Å²) in [6, 6.07) is 16.2. The van der Waals surface area contributed by atoms with Crippen LogP contribution in [-0.2, 0) is 5.75 Å². The maximum atomic E-state index is 5.28. The molecule has 0 atom stereocenters. The van der Waals surface area contributed by atoms with Crippen molar-refractivity contribution in [2.75, 3.05) is 7.11 Å². The van der Waals surface area contributed by atoms with E-state index in [-0.39, 0.29) is 0 Å². The molecule has 2 aromatic carbocycles. The summed E-state index contributed by atoms with van der Waals surface area (Å²) in [6.07, 6.45) is 0. The maximum Gasteiger partial charge on any atom is 0.174 e. The van der Waals surface area contributed by atoms with Crippen LogP contribution in [0.3, 0.4) is 0 Å². The molecular formula is C20H19N3O2S. The average Bonchev–Trinajstić information content (AvgIpc) is 3.20. The molecule has 0 radical (unpaired) electrons. The van der Waals surface area contributed by atoms with Crippen LogP contribution >= 0.6 is 11.8 Å². The van der Waals surface area contributed by atoms with Crippen molar-refractivity contribution in [3.8, 4) is 11.4 Å². The molecule has 5 nitrogen and oxygen atoms in total. The van der Waals surface area contributed by atoms with Crippen LogP contribution in [0.25, 0.3) is 16.7 Å². The highest BCUT2D eigenvalue weighted by molar-refractivity contribution is 7.98.